The van der Waals surface area contributed by atoms with E-state index in [0.717, 1.165) is 27.7 Å². The molecule has 0 amide bonds. The molecule has 1 aromatic carbocycles. The summed E-state index contributed by atoms with van der Waals surface area (Å²) in [7, 11) is 0. The normalized spacial score (nSPS) is 10.9. The molecule has 4 N–H and O–H groups in total. The molecule has 0 aliphatic heterocycles. The summed E-state index contributed by atoms with van der Waals surface area (Å²) in [4.78, 5) is 23.4. The third-order valence-electron chi connectivity index (χ3n) is 3.76. The predicted molar refractivity (Wildman–Crippen MR) is 87.8 cm³/mol. The minimum atomic E-state index is -0.423. The van der Waals surface area contributed by atoms with Crippen LogP contribution in [0.5, 0.6) is 0 Å². The van der Waals surface area contributed by atoms with Gasteiger partial charge in [-0.3, -0.25) is 4.79 Å². The smallest absolute Gasteiger partial charge is 0.310 e. The molecule has 0 unspecified atom stereocenters. The van der Waals surface area contributed by atoms with E-state index in [0.29, 0.717) is 0 Å². The van der Waals surface area contributed by atoms with E-state index in [-0.39, 0.29) is 30.7 Å². The lowest BCUT2D eigenvalue weighted by atomic mass is 10.0. The van der Waals surface area contributed by atoms with E-state index in [1.54, 1.807) is 6.26 Å². The van der Waals surface area contributed by atoms with Crippen LogP contribution in [-0.2, 0) is 22.6 Å². The van der Waals surface area contributed by atoms with Gasteiger partial charge in [0.05, 0.1) is 12.7 Å². The number of nitrogens with zero attached hydrogens (tertiary/aromatic N) is 3. The Morgan fingerprint density at radius 3 is 2.58 bits per heavy atom. The number of carbonyl (C=O) groups is 1. The predicted octanol–water partition coefficient (Wildman–Crippen LogP) is 1.68. The average Bonchev–Trinajstić information content (AvgIpc) is 2.92. The molecule has 0 aliphatic rings. The fourth-order valence-electron chi connectivity index (χ4n) is 2.40. The lowest BCUT2D eigenvalue weighted by Gasteiger charge is -2.05. The molecule has 24 heavy (non-hydrogen) atoms. The first-order valence-corrected chi connectivity index (χ1v) is 7.32. The molecule has 0 atom stereocenters. The number of nitrogens with two attached hydrogens (primary N) is 2. The lowest BCUT2D eigenvalue weighted by Crippen LogP contribution is -2.12. The molecule has 8 heteroatoms. The number of aryl methyl sites for hydroxylation is 2. The summed E-state index contributed by atoms with van der Waals surface area (Å²) in [6.07, 6.45) is 1.67. The minimum Gasteiger partial charge on any atom is -0.464 e. The molecule has 0 fully saturated rings. The van der Waals surface area contributed by atoms with Crippen LogP contribution in [0.3, 0.4) is 0 Å². The van der Waals surface area contributed by atoms with Gasteiger partial charge in [0, 0.05) is 10.9 Å². The van der Waals surface area contributed by atoms with Crippen LogP contribution >= 0.6 is 0 Å². The number of furan rings is 1. The molecular formula is C16H17N5O3. The summed E-state index contributed by atoms with van der Waals surface area (Å²) in [5.74, 6) is -0.245. The fourth-order valence-corrected chi connectivity index (χ4v) is 2.40. The fraction of sp³-hybridized carbons (Fsp3) is 0.250. The van der Waals surface area contributed by atoms with Crippen molar-refractivity contribution in [3.8, 4) is 0 Å². The zero-order valence-corrected chi connectivity index (χ0v) is 13.4. The number of nitrogen functional groups attached to an aromatic ring is 2. The molecular weight excluding hydrogens is 310 g/mol. The zero-order valence-electron chi connectivity index (χ0n) is 13.4. The number of fused-ring (bicyclic) bond motifs is 1. The van der Waals surface area contributed by atoms with E-state index in [4.69, 9.17) is 20.6 Å². The van der Waals surface area contributed by atoms with Crippen LogP contribution in [0.1, 0.15) is 22.5 Å². The maximum Gasteiger partial charge on any atom is 0.310 e. The Bertz CT molecular complexity index is 899. The molecule has 2 heterocycles. The average molecular weight is 327 g/mol. The number of hydrogen-bond acceptors (Lipinski definition) is 8. The Kier molecular flexibility index (Phi) is 4.03. The number of hydrogen-bond donors (Lipinski definition) is 2. The summed E-state index contributed by atoms with van der Waals surface area (Å²) >= 11 is 0. The van der Waals surface area contributed by atoms with Gasteiger partial charge in [0.1, 0.15) is 5.58 Å². The number of ether oxygens (including phenoxy) is 1. The van der Waals surface area contributed by atoms with Gasteiger partial charge in [-0.1, -0.05) is 12.1 Å². The van der Waals surface area contributed by atoms with Crippen LogP contribution in [0.25, 0.3) is 11.0 Å². The number of aromatic nitrogens is 3. The van der Waals surface area contributed by atoms with Crippen LogP contribution in [0, 0.1) is 13.8 Å². The molecule has 2 aromatic heterocycles. The quantitative estimate of drug-likeness (QED) is 0.692. The summed E-state index contributed by atoms with van der Waals surface area (Å²) in [6.45, 7) is 3.87. The lowest BCUT2D eigenvalue weighted by molar-refractivity contribution is -0.144. The van der Waals surface area contributed by atoms with Crippen molar-refractivity contribution in [1.82, 2.24) is 15.0 Å². The van der Waals surface area contributed by atoms with Gasteiger partial charge in [-0.15, -0.1) is 0 Å². The number of anilines is 2. The first-order chi connectivity index (χ1) is 11.4. The SMILES string of the molecule is Cc1ccc2c(CC(=O)OCc3nc(N)nc(N)n3)coc2c1C. The third kappa shape index (κ3) is 3.12. The van der Waals surface area contributed by atoms with E-state index >= 15 is 0 Å². The van der Waals surface area contributed by atoms with Crippen molar-refractivity contribution < 1.29 is 13.9 Å². The van der Waals surface area contributed by atoms with Gasteiger partial charge in [0.15, 0.2) is 12.4 Å². The number of rotatable bonds is 4. The number of carbonyl (C=O) groups excluding carboxylic acids is 1. The van der Waals surface area contributed by atoms with Gasteiger partial charge in [-0.2, -0.15) is 15.0 Å². The van der Waals surface area contributed by atoms with Gasteiger partial charge < -0.3 is 20.6 Å². The van der Waals surface area contributed by atoms with E-state index < -0.39 is 5.97 Å². The summed E-state index contributed by atoms with van der Waals surface area (Å²) < 4.78 is 10.8. The van der Waals surface area contributed by atoms with Crippen LogP contribution < -0.4 is 11.5 Å². The molecule has 0 aliphatic carbocycles. The highest BCUT2D eigenvalue weighted by atomic mass is 16.5. The summed E-state index contributed by atoms with van der Waals surface area (Å²) in [6, 6.07) is 3.94. The molecule has 0 bridgehead atoms. The highest BCUT2D eigenvalue weighted by Gasteiger charge is 2.14. The molecule has 124 valence electrons. The second kappa shape index (κ2) is 6.15. The van der Waals surface area contributed by atoms with Crippen molar-refractivity contribution in [2.24, 2.45) is 0 Å². The molecule has 0 radical (unpaired) electrons. The van der Waals surface area contributed by atoms with Crippen LogP contribution in [-0.4, -0.2) is 20.9 Å². The van der Waals surface area contributed by atoms with Crippen LogP contribution in [0.4, 0.5) is 11.9 Å². The second-order valence-corrected chi connectivity index (χ2v) is 5.45. The highest BCUT2D eigenvalue weighted by Crippen LogP contribution is 2.26. The van der Waals surface area contributed by atoms with Gasteiger partial charge in [-0.05, 0) is 25.0 Å². The zero-order chi connectivity index (χ0) is 17.3. The summed E-state index contributed by atoms with van der Waals surface area (Å²) in [5, 5.41) is 0.906. The number of benzene rings is 1. The van der Waals surface area contributed by atoms with Crippen LogP contribution in [0.15, 0.2) is 22.8 Å². The maximum atomic E-state index is 12.1. The Balaban J connectivity index is 1.70. The summed E-state index contributed by atoms with van der Waals surface area (Å²) in [5.41, 5.74) is 14.7. The van der Waals surface area contributed by atoms with E-state index in [1.807, 2.05) is 26.0 Å². The van der Waals surface area contributed by atoms with Gasteiger partial charge in [-0.25, -0.2) is 0 Å². The van der Waals surface area contributed by atoms with Gasteiger partial charge in [0.25, 0.3) is 0 Å². The molecule has 3 aromatic rings. The Morgan fingerprint density at radius 1 is 1.17 bits per heavy atom. The second-order valence-electron chi connectivity index (χ2n) is 5.45. The Morgan fingerprint density at radius 2 is 1.88 bits per heavy atom. The topological polar surface area (TPSA) is 130 Å². The standard InChI is InChI=1S/C16H17N5O3/c1-8-3-4-11-10(6-24-14(11)9(8)2)5-13(22)23-7-12-19-15(17)21-16(18)20-12/h3-4,6H,5,7H2,1-2H3,(H4,17,18,19,20,21). The first-order valence-electron chi connectivity index (χ1n) is 7.32. The van der Waals surface area contributed by atoms with Crippen molar-refractivity contribution in [3.63, 3.8) is 0 Å². The van der Waals surface area contributed by atoms with Gasteiger partial charge in [0.2, 0.25) is 11.9 Å². The van der Waals surface area contributed by atoms with E-state index in [9.17, 15) is 4.79 Å². The maximum absolute atomic E-state index is 12.1. The monoisotopic (exact) mass is 327 g/mol. The molecule has 0 saturated heterocycles. The Hall–Kier alpha value is -3.16. The van der Waals surface area contributed by atoms with Crippen LogP contribution in [0.2, 0.25) is 0 Å². The highest BCUT2D eigenvalue weighted by molar-refractivity contribution is 5.88. The molecule has 8 nitrogen and oxygen atoms in total. The van der Waals surface area contributed by atoms with Crippen molar-refractivity contribution in [3.05, 3.63) is 40.9 Å². The minimum absolute atomic E-state index is 0.0137. The number of esters is 1. The van der Waals surface area contributed by atoms with Crippen molar-refractivity contribution >= 4 is 28.8 Å². The third-order valence-corrected chi connectivity index (χ3v) is 3.76. The first kappa shape index (κ1) is 15.7. The van der Waals surface area contributed by atoms with E-state index in [1.165, 1.54) is 0 Å². The van der Waals surface area contributed by atoms with Crippen molar-refractivity contribution in [2.75, 3.05) is 11.5 Å². The van der Waals surface area contributed by atoms with Crippen molar-refractivity contribution in [2.45, 2.75) is 26.9 Å². The largest absolute Gasteiger partial charge is 0.464 e. The molecule has 3 rings (SSSR count). The Labute approximate surface area is 137 Å². The van der Waals surface area contributed by atoms with E-state index in [2.05, 4.69) is 15.0 Å². The van der Waals surface area contributed by atoms with Crippen molar-refractivity contribution in [1.29, 1.82) is 0 Å². The molecule has 0 spiro atoms. The molecule has 0 saturated carbocycles. The van der Waals surface area contributed by atoms with Gasteiger partial charge >= 0.3 is 5.97 Å².